The lowest BCUT2D eigenvalue weighted by Crippen LogP contribution is -2.34. The van der Waals surface area contributed by atoms with Gasteiger partial charge < -0.3 is 10.0 Å². The molecule has 1 aliphatic heterocycles. The number of hydrogen-bond donors (Lipinski definition) is 1. The fourth-order valence-electron chi connectivity index (χ4n) is 3.03. The maximum Gasteiger partial charge on any atom is 0.131 e. The Labute approximate surface area is 122 Å². The molecule has 1 aromatic carbocycles. The van der Waals surface area contributed by atoms with E-state index in [1.54, 1.807) is 24.3 Å². The van der Waals surface area contributed by atoms with Crippen molar-refractivity contribution < 1.29 is 9.50 Å². The Morgan fingerprint density at radius 2 is 2.20 bits per heavy atom. The Hall–Kier alpha value is -1.39. The van der Waals surface area contributed by atoms with Gasteiger partial charge in [0.15, 0.2) is 0 Å². The number of halogens is 1. The van der Waals surface area contributed by atoms with Crippen LogP contribution in [0.5, 0.6) is 0 Å². The number of thiophene rings is 1. The number of benzene rings is 1. The summed E-state index contributed by atoms with van der Waals surface area (Å²) >= 11 is 1.79. The molecule has 0 aliphatic carbocycles. The zero-order chi connectivity index (χ0) is 14.3. The minimum absolute atomic E-state index is 0.212. The first-order valence-corrected chi connectivity index (χ1v) is 7.77. The van der Waals surface area contributed by atoms with E-state index in [0.717, 1.165) is 18.7 Å². The van der Waals surface area contributed by atoms with Crippen molar-refractivity contribution in [2.75, 3.05) is 11.4 Å². The summed E-state index contributed by atoms with van der Waals surface area (Å²) < 4.78 is 14.0. The third kappa shape index (κ3) is 2.13. The molecule has 1 aromatic heterocycles. The second-order valence-electron chi connectivity index (χ2n) is 5.27. The van der Waals surface area contributed by atoms with Crippen molar-refractivity contribution in [2.45, 2.75) is 32.4 Å². The molecule has 0 amide bonds. The van der Waals surface area contributed by atoms with Gasteiger partial charge in [-0.05, 0) is 49.4 Å². The van der Waals surface area contributed by atoms with E-state index in [-0.39, 0.29) is 11.9 Å². The molecule has 2 atom stereocenters. The maximum absolute atomic E-state index is 14.0. The Kier molecular flexibility index (Phi) is 3.52. The van der Waals surface area contributed by atoms with E-state index in [1.165, 1.54) is 16.5 Å². The molecule has 2 heterocycles. The summed E-state index contributed by atoms with van der Waals surface area (Å²) in [5.74, 6) is -0.333. The van der Waals surface area contributed by atoms with Crippen LogP contribution in [-0.4, -0.2) is 11.7 Å². The lowest BCUT2D eigenvalue weighted by atomic mass is 9.98. The molecule has 0 spiro atoms. The Morgan fingerprint density at radius 3 is 2.95 bits per heavy atom. The fraction of sp³-hybridized carbons (Fsp3) is 0.375. The SMILES string of the molecule is CC1c2ccsc2CCN1c1cccc(F)c1[C@H](C)O. The fourth-order valence-corrected chi connectivity index (χ4v) is 3.99. The lowest BCUT2D eigenvalue weighted by molar-refractivity contribution is 0.194. The van der Waals surface area contributed by atoms with Crippen molar-refractivity contribution in [3.63, 3.8) is 0 Å². The smallest absolute Gasteiger partial charge is 0.131 e. The normalized spacial score (nSPS) is 19.8. The molecule has 2 aromatic rings. The number of fused-ring (bicyclic) bond motifs is 1. The van der Waals surface area contributed by atoms with E-state index in [0.29, 0.717) is 5.56 Å². The van der Waals surface area contributed by atoms with Crippen molar-refractivity contribution in [3.8, 4) is 0 Å². The van der Waals surface area contributed by atoms with E-state index < -0.39 is 6.10 Å². The summed E-state index contributed by atoms with van der Waals surface area (Å²) in [5.41, 5.74) is 2.53. The number of rotatable bonds is 2. The average molecular weight is 291 g/mol. The zero-order valence-electron chi connectivity index (χ0n) is 11.6. The molecule has 4 heteroatoms. The standard InChI is InChI=1S/C16H18FNOS/c1-10-12-7-9-20-15(12)6-8-18(10)14-5-3-4-13(17)16(14)11(2)19/h3-5,7,9-11,19H,6,8H2,1-2H3/t10?,11-/m0/s1. The quantitative estimate of drug-likeness (QED) is 0.902. The van der Waals surface area contributed by atoms with Crippen LogP contribution in [0.15, 0.2) is 29.6 Å². The van der Waals surface area contributed by atoms with E-state index in [1.807, 2.05) is 6.07 Å². The number of anilines is 1. The third-order valence-corrected chi connectivity index (χ3v) is 5.03. The highest BCUT2D eigenvalue weighted by Gasteiger charge is 2.28. The van der Waals surface area contributed by atoms with Gasteiger partial charge in [-0.15, -0.1) is 11.3 Å². The van der Waals surface area contributed by atoms with E-state index in [9.17, 15) is 9.50 Å². The van der Waals surface area contributed by atoms with E-state index in [4.69, 9.17) is 0 Å². The molecule has 1 unspecified atom stereocenters. The summed E-state index contributed by atoms with van der Waals surface area (Å²) in [5, 5.41) is 12.0. The van der Waals surface area contributed by atoms with Crippen molar-refractivity contribution in [1.29, 1.82) is 0 Å². The van der Waals surface area contributed by atoms with Crippen LogP contribution < -0.4 is 4.90 Å². The van der Waals surface area contributed by atoms with Crippen LogP contribution in [0.4, 0.5) is 10.1 Å². The van der Waals surface area contributed by atoms with Gasteiger partial charge >= 0.3 is 0 Å². The Morgan fingerprint density at radius 1 is 1.40 bits per heavy atom. The summed E-state index contributed by atoms with van der Waals surface area (Å²) in [7, 11) is 0. The zero-order valence-corrected chi connectivity index (χ0v) is 12.5. The molecule has 1 N–H and O–H groups in total. The van der Waals surface area contributed by atoms with Crippen molar-refractivity contribution >= 4 is 17.0 Å². The number of aliphatic hydroxyl groups is 1. The highest BCUT2D eigenvalue weighted by atomic mass is 32.1. The number of aliphatic hydroxyl groups excluding tert-OH is 1. The predicted molar refractivity (Wildman–Crippen MR) is 80.8 cm³/mol. The molecule has 0 fully saturated rings. The molecule has 0 radical (unpaired) electrons. The van der Waals surface area contributed by atoms with Crippen LogP contribution in [0.25, 0.3) is 0 Å². The lowest BCUT2D eigenvalue weighted by Gasteiger charge is -2.37. The van der Waals surface area contributed by atoms with Gasteiger partial charge in [-0.1, -0.05) is 6.07 Å². The van der Waals surface area contributed by atoms with Gasteiger partial charge in [-0.25, -0.2) is 4.39 Å². The van der Waals surface area contributed by atoms with Gasteiger partial charge in [0, 0.05) is 22.7 Å². The van der Waals surface area contributed by atoms with Crippen molar-refractivity contribution in [2.24, 2.45) is 0 Å². The second kappa shape index (κ2) is 5.19. The Bertz CT molecular complexity index is 623. The largest absolute Gasteiger partial charge is 0.389 e. The Balaban J connectivity index is 2.05. The second-order valence-corrected chi connectivity index (χ2v) is 6.27. The van der Waals surface area contributed by atoms with Crippen LogP contribution in [-0.2, 0) is 6.42 Å². The first kappa shape index (κ1) is 13.6. The average Bonchev–Trinajstić information content (AvgIpc) is 2.87. The van der Waals surface area contributed by atoms with Crippen LogP contribution in [0.2, 0.25) is 0 Å². The number of nitrogens with zero attached hydrogens (tertiary/aromatic N) is 1. The minimum Gasteiger partial charge on any atom is -0.389 e. The monoisotopic (exact) mass is 291 g/mol. The molecule has 0 bridgehead atoms. The van der Waals surface area contributed by atoms with Gasteiger partial charge in [0.1, 0.15) is 5.82 Å². The van der Waals surface area contributed by atoms with Gasteiger partial charge in [0.25, 0.3) is 0 Å². The summed E-state index contributed by atoms with van der Waals surface area (Å²) in [6, 6.07) is 7.39. The predicted octanol–water partition coefficient (Wildman–Crippen LogP) is 4.06. The first-order valence-electron chi connectivity index (χ1n) is 6.89. The molecule has 0 saturated carbocycles. The minimum atomic E-state index is -0.803. The van der Waals surface area contributed by atoms with Crippen LogP contribution in [0.1, 0.15) is 42.0 Å². The van der Waals surface area contributed by atoms with E-state index >= 15 is 0 Å². The molecular weight excluding hydrogens is 273 g/mol. The van der Waals surface area contributed by atoms with Crippen LogP contribution >= 0.6 is 11.3 Å². The summed E-state index contributed by atoms with van der Waals surface area (Å²) in [6.07, 6.45) is 0.176. The van der Waals surface area contributed by atoms with Crippen LogP contribution in [0.3, 0.4) is 0 Å². The molecule has 0 saturated heterocycles. The summed E-state index contributed by atoms with van der Waals surface area (Å²) in [6.45, 7) is 4.62. The molecule has 3 rings (SSSR count). The third-order valence-electron chi connectivity index (χ3n) is 4.03. The van der Waals surface area contributed by atoms with Gasteiger partial charge in [-0.2, -0.15) is 0 Å². The molecule has 106 valence electrons. The van der Waals surface area contributed by atoms with Gasteiger partial charge in [0.2, 0.25) is 0 Å². The molecule has 2 nitrogen and oxygen atoms in total. The van der Waals surface area contributed by atoms with E-state index in [2.05, 4.69) is 23.3 Å². The topological polar surface area (TPSA) is 23.5 Å². The van der Waals surface area contributed by atoms with Crippen LogP contribution in [0, 0.1) is 5.82 Å². The summed E-state index contributed by atoms with van der Waals surface area (Å²) in [4.78, 5) is 3.61. The van der Waals surface area contributed by atoms with Crippen molar-refractivity contribution in [1.82, 2.24) is 0 Å². The molecule has 20 heavy (non-hydrogen) atoms. The maximum atomic E-state index is 14.0. The molecule has 1 aliphatic rings. The van der Waals surface area contributed by atoms with Gasteiger partial charge in [-0.3, -0.25) is 0 Å². The first-order chi connectivity index (χ1) is 9.59. The van der Waals surface area contributed by atoms with Gasteiger partial charge in [0.05, 0.1) is 12.1 Å². The molecular formula is C16H18FNOS. The number of hydrogen-bond acceptors (Lipinski definition) is 3. The van der Waals surface area contributed by atoms with Crippen molar-refractivity contribution in [3.05, 3.63) is 51.5 Å². The highest BCUT2D eigenvalue weighted by molar-refractivity contribution is 7.10. The highest BCUT2D eigenvalue weighted by Crippen LogP contribution is 2.39.